The van der Waals surface area contributed by atoms with Crippen LogP contribution in [0.4, 0.5) is 5.69 Å². The molecule has 1 saturated heterocycles. The second-order valence-electron chi connectivity index (χ2n) is 9.84. The number of carbonyl (C=O) groups excluding carboxylic acids is 5. The Morgan fingerprint density at radius 3 is 2.36 bits per heavy atom. The van der Waals surface area contributed by atoms with E-state index in [0.717, 1.165) is 18.8 Å². The Hall–Kier alpha value is -3.27. The number of likely N-dealkylation sites (N-methyl/N-ethyl adjacent to an activating group) is 2. The highest BCUT2D eigenvalue weighted by Crippen LogP contribution is 2.23. The van der Waals surface area contributed by atoms with E-state index in [1.807, 2.05) is 20.8 Å². The minimum Gasteiger partial charge on any atom is -0.460 e. The highest BCUT2D eigenvalue weighted by molar-refractivity contribution is 6.04. The number of carbonyl (C=O) groups is 5. The van der Waals surface area contributed by atoms with Crippen LogP contribution in [0.5, 0.6) is 0 Å². The molecule has 0 saturated carbocycles. The number of esters is 1. The molecule has 0 radical (unpaired) electrons. The molecule has 36 heavy (non-hydrogen) atoms. The van der Waals surface area contributed by atoms with Crippen molar-refractivity contribution < 1.29 is 28.7 Å². The molecule has 2 amide bonds. The highest BCUT2D eigenvalue weighted by Gasteiger charge is 2.29. The van der Waals surface area contributed by atoms with Gasteiger partial charge in [0.25, 0.3) is 5.91 Å². The number of ether oxygens (including phenoxy) is 1. The van der Waals surface area contributed by atoms with E-state index in [2.05, 4.69) is 15.1 Å². The number of nitrogens with zero attached hydrogens (tertiary/aromatic N) is 3. The van der Waals surface area contributed by atoms with Gasteiger partial charge in [-0.15, -0.1) is 0 Å². The van der Waals surface area contributed by atoms with Crippen molar-refractivity contribution in [1.82, 2.24) is 15.1 Å². The number of nitrogens with one attached hydrogen (secondary N) is 1. The van der Waals surface area contributed by atoms with Crippen molar-refractivity contribution >= 4 is 36.0 Å². The third-order valence-electron chi connectivity index (χ3n) is 6.08. The average Bonchev–Trinajstić information content (AvgIpc) is 2.85. The maximum atomic E-state index is 13.3. The number of hydrogen-bond acceptors (Lipinski definition) is 8. The van der Waals surface area contributed by atoms with Gasteiger partial charge in [0.15, 0.2) is 6.29 Å². The van der Waals surface area contributed by atoms with Gasteiger partial charge >= 0.3 is 5.97 Å². The summed E-state index contributed by atoms with van der Waals surface area (Å²) in [6.07, 6.45) is 1.98. The van der Waals surface area contributed by atoms with Gasteiger partial charge in [0.05, 0.1) is 12.0 Å². The van der Waals surface area contributed by atoms with E-state index in [9.17, 15) is 24.0 Å². The number of amides is 2. The third kappa shape index (κ3) is 8.15. The molecule has 10 nitrogen and oxygen atoms in total. The Morgan fingerprint density at radius 2 is 1.81 bits per heavy atom. The van der Waals surface area contributed by atoms with Gasteiger partial charge in [-0.3, -0.25) is 24.1 Å². The van der Waals surface area contributed by atoms with Crippen LogP contribution in [-0.2, 0) is 19.1 Å². The first-order chi connectivity index (χ1) is 17.0. The SMILES string of the molecule is CNC(=O)C(CCC=O)N(C)C(=O)c1cc(N2CCN(CCC(=O)OC(C)(C)C)CC2)ccc1C=O. The van der Waals surface area contributed by atoms with Gasteiger partial charge in [-0.25, -0.2) is 0 Å². The fourth-order valence-corrected chi connectivity index (χ4v) is 4.13. The topological polar surface area (TPSA) is 116 Å². The second kappa shape index (κ2) is 13.2. The second-order valence-corrected chi connectivity index (χ2v) is 9.84. The smallest absolute Gasteiger partial charge is 0.307 e. The van der Waals surface area contributed by atoms with E-state index >= 15 is 0 Å². The predicted molar refractivity (Wildman–Crippen MR) is 136 cm³/mol. The van der Waals surface area contributed by atoms with E-state index in [0.29, 0.717) is 38.6 Å². The summed E-state index contributed by atoms with van der Waals surface area (Å²) in [6.45, 7) is 9.03. The zero-order chi connectivity index (χ0) is 26.9. The molecule has 1 atom stereocenters. The Morgan fingerprint density at radius 1 is 1.14 bits per heavy atom. The Kier molecular flexibility index (Phi) is 10.6. The molecule has 10 heteroatoms. The van der Waals surface area contributed by atoms with E-state index in [-0.39, 0.29) is 35.8 Å². The standard InChI is InChI=1S/C26H38N4O6/c1-26(2,3)36-23(33)10-11-29-12-14-30(15-13-29)20-9-8-19(18-32)21(17-20)25(35)28(5)22(7-6-16-31)24(34)27-4/h8-9,16-18,22H,6-7,10-15H2,1-5H3,(H,27,34). The molecular formula is C26H38N4O6. The molecule has 0 aromatic heterocycles. The van der Waals surface area contributed by atoms with Crippen molar-refractivity contribution in [1.29, 1.82) is 0 Å². The van der Waals surface area contributed by atoms with Gasteiger partial charge in [0.1, 0.15) is 17.9 Å². The van der Waals surface area contributed by atoms with E-state index in [4.69, 9.17) is 4.74 Å². The van der Waals surface area contributed by atoms with Crippen LogP contribution < -0.4 is 10.2 Å². The number of anilines is 1. The summed E-state index contributed by atoms with van der Waals surface area (Å²) in [5, 5.41) is 2.53. The van der Waals surface area contributed by atoms with E-state index in [1.54, 1.807) is 18.2 Å². The maximum Gasteiger partial charge on any atom is 0.307 e. The Labute approximate surface area is 212 Å². The first-order valence-electron chi connectivity index (χ1n) is 12.2. The Bertz CT molecular complexity index is 950. The number of piperazine rings is 1. The number of hydrogen-bond donors (Lipinski definition) is 1. The van der Waals surface area contributed by atoms with Crippen molar-refractivity contribution in [2.45, 2.75) is 51.7 Å². The fraction of sp³-hybridized carbons (Fsp3) is 0.577. The van der Waals surface area contributed by atoms with Crippen molar-refractivity contribution in [3.63, 3.8) is 0 Å². The van der Waals surface area contributed by atoms with Gasteiger partial charge in [0, 0.05) is 64.5 Å². The van der Waals surface area contributed by atoms with Crippen LogP contribution in [0.2, 0.25) is 0 Å². The summed E-state index contributed by atoms with van der Waals surface area (Å²) in [4.78, 5) is 65.8. The van der Waals surface area contributed by atoms with Crippen molar-refractivity contribution in [3.8, 4) is 0 Å². The monoisotopic (exact) mass is 502 g/mol. The van der Waals surface area contributed by atoms with Crippen LogP contribution in [0, 0.1) is 0 Å². The first kappa shape index (κ1) is 29.0. The van der Waals surface area contributed by atoms with Gasteiger partial charge < -0.3 is 24.6 Å². The fourth-order valence-electron chi connectivity index (χ4n) is 4.13. The van der Waals surface area contributed by atoms with Crippen molar-refractivity contribution in [3.05, 3.63) is 29.3 Å². The lowest BCUT2D eigenvalue weighted by molar-refractivity contribution is -0.155. The number of rotatable bonds is 11. The van der Waals surface area contributed by atoms with Gasteiger partial charge in [0.2, 0.25) is 5.91 Å². The van der Waals surface area contributed by atoms with Crippen LogP contribution in [0.25, 0.3) is 0 Å². The highest BCUT2D eigenvalue weighted by atomic mass is 16.6. The summed E-state index contributed by atoms with van der Waals surface area (Å²) in [5.74, 6) is -1.06. The predicted octanol–water partition coefficient (Wildman–Crippen LogP) is 1.52. The molecule has 1 heterocycles. The van der Waals surface area contributed by atoms with Crippen LogP contribution in [0.15, 0.2) is 18.2 Å². The lowest BCUT2D eigenvalue weighted by atomic mass is 10.0. The zero-order valence-corrected chi connectivity index (χ0v) is 21.9. The largest absolute Gasteiger partial charge is 0.460 e. The minimum absolute atomic E-state index is 0.133. The number of aldehydes is 2. The lowest BCUT2D eigenvalue weighted by Gasteiger charge is -2.36. The Balaban J connectivity index is 2.09. The summed E-state index contributed by atoms with van der Waals surface area (Å²) in [5.41, 5.74) is 0.741. The summed E-state index contributed by atoms with van der Waals surface area (Å²) in [6, 6.07) is 4.27. The van der Waals surface area contributed by atoms with Crippen molar-refractivity contribution in [2.24, 2.45) is 0 Å². The number of benzene rings is 1. The molecular weight excluding hydrogens is 464 g/mol. The summed E-state index contributed by atoms with van der Waals surface area (Å²) < 4.78 is 5.37. The zero-order valence-electron chi connectivity index (χ0n) is 21.9. The molecule has 2 rings (SSSR count). The molecule has 0 aliphatic carbocycles. The van der Waals surface area contributed by atoms with Crippen LogP contribution in [0.1, 0.15) is 60.7 Å². The minimum atomic E-state index is -0.829. The van der Waals surface area contributed by atoms with Gasteiger partial charge in [-0.2, -0.15) is 0 Å². The third-order valence-corrected chi connectivity index (χ3v) is 6.08. The van der Waals surface area contributed by atoms with E-state index < -0.39 is 17.6 Å². The van der Waals surface area contributed by atoms with Crippen LogP contribution in [0.3, 0.4) is 0 Å². The molecule has 1 N–H and O–H groups in total. The molecule has 198 valence electrons. The summed E-state index contributed by atoms with van der Waals surface area (Å²) >= 11 is 0. The molecule has 0 bridgehead atoms. The van der Waals surface area contributed by atoms with Gasteiger partial charge in [-0.1, -0.05) is 0 Å². The van der Waals surface area contributed by atoms with Crippen molar-refractivity contribution in [2.75, 3.05) is 51.7 Å². The van der Waals surface area contributed by atoms with Crippen LogP contribution in [-0.4, -0.2) is 98.6 Å². The average molecular weight is 503 g/mol. The first-order valence-corrected chi connectivity index (χ1v) is 12.2. The summed E-state index contributed by atoms with van der Waals surface area (Å²) in [7, 11) is 2.97. The molecule has 1 aromatic rings. The molecule has 1 fully saturated rings. The molecule has 0 spiro atoms. The molecule has 1 unspecified atom stereocenters. The van der Waals surface area contributed by atoms with Crippen LogP contribution >= 0.6 is 0 Å². The molecule has 1 aliphatic heterocycles. The molecule has 1 aromatic carbocycles. The van der Waals surface area contributed by atoms with Gasteiger partial charge in [-0.05, 0) is 45.4 Å². The quantitative estimate of drug-likeness (QED) is 0.358. The lowest BCUT2D eigenvalue weighted by Crippen LogP contribution is -2.47. The van der Waals surface area contributed by atoms with E-state index in [1.165, 1.54) is 19.0 Å². The maximum absolute atomic E-state index is 13.3. The normalized spacial score (nSPS) is 15.1. The molecule has 1 aliphatic rings.